The highest BCUT2D eigenvalue weighted by Gasteiger charge is 2.65. The Bertz CT molecular complexity index is 999. The number of hydrogen-bond donors (Lipinski definition) is 1. The molecule has 2 saturated heterocycles. The molecule has 0 radical (unpaired) electrons. The Morgan fingerprint density at radius 2 is 1.97 bits per heavy atom. The Morgan fingerprint density at radius 1 is 1.31 bits per heavy atom. The molecule has 0 bridgehead atoms. The van der Waals surface area contributed by atoms with E-state index in [2.05, 4.69) is 21.2 Å². The van der Waals surface area contributed by atoms with Crippen LogP contribution in [0.2, 0.25) is 0 Å². The third-order valence-electron chi connectivity index (χ3n) is 6.42. The number of amides is 2. The number of anilines is 1. The van der Waals surface area contributed by atoms with Gasteiger partial charge in [-0.25, -0.2) is 9.86 Å². The van der Waals surface area contributed by atoms with Gasteiger partial charge in [0.05, 0.1) is 16.5 Å². The van der Waals surface area contributed by atoms with Crippen LogP contribution in [0.3, 0.4) is 0 Å². The quantitative estimate of drug-likeness (QED) is 0.178. The van der Waals surface area contributed by atoms with E-state index in [1.165, 1.54) is 16.7 Å². The van der Waals surface area contributed by atoms with E-state index in [-0.39, 0.29) is 24.5 Å². The summed E-state index contributed by atoms with van der Waals surface area (Å²) in [6.07, 6.45) is 2.20. The van der Waals surface area contributed by atoms with Crippen molar-refractivity contribution in [1.29, 1.82) is 0 Å². The summed E-state index contributed by atoms with van der Waals surface area (Å²) >= 11 is 22.0. The first-order valence-electron chi connectivity index (χ1n) is 11.5. The maximum absolute atomic E-state index is 13.1. The summed E-state index contributed by atoms with van der Waals surface area (Å²) in [5.41, 5.74) is 0.751. The number of benzene rings is 1. The van der Waals surface area contributed by atoms with E-state index in [9.17, 15) is 14.4 Å². The smallest absolute Gasteiger partial charge is 0.330 e. The number of rotatable bonds is 10. The molecule has 4 unspecified atom stereocenters. The van der Waals surface area contributed by atoms with Gasteiger partial charge in [-0.15, -0.1) is 11.8 Å². The Morgan fingerprint density at radius 3 is 2.56 bits per heavy atom. The fourth-order valence-corrected chi connectivity index (χ4v) is 6.82. The van der Waals surface area contributed by atoms with Crippen molar-refractivity contribution in [2.75, 3.05) is 23.5 Å². The van der Waals surface area contributed by atoms with Gasteiger partial charge in [0, 0.05) is 5.33 Å². The highest BCUT2D eigenvalue weighted by atomic mass is 79.9. The number of carbonyl (C=O) groups is 3. The second-order valence-corrected chi connectivity index (χ2v) is 14.1. The van der Waals surface area contributed by atoms with Crippen LogP contribution in [-0.4, -0.2) is 73.3 Å². The zero-order valence-electron chi connectivity index (χ0n) is 19.7. The zero-order valence-corrected chi connectivity index (χ0v) is 24.3. The highest BCUT2D eigenvalue weighted by molar-refractivity contribution is 9.09. The summed E-state index contributed by atoms with van der Waals surface area (Å²) in [6.45, 7) is 3.34. The third kappa shape index (κ3) is 6.21. The molecular formula is C23H27BrCl3N3O5S. The van der Waals surface area contributed by atoms with E-state index in [4.69, 9.17) is 44.4 Å². The Balaban J connectivity index is 1.41. The molecule has 5 atom stereocenters. The zero-order chi connectivity index (χ0) is 26.3. The number of nitrogens with zero attached hydrogens (tertiary/aromatic N) is 2. The van der Waals surface area contributed by atoms with Crippen molar-refractivity contribution < 1.29 is 24.0 Å². The van der Waals surface area contributed by atoms with Crippen LogP contribution in [0.15, 0.2) is 30.3 Å². The fraction of sp³-hybridized carbons (Fsp3) is 0.609. The lowest BCUT2D eigenvalue weighted by molar-refractivity contribution is -0.164. The van der Waals surface area contributed by atoms with Gasteiger partial charge in [0.1, 0.15) is 30.6 Å². The number of thioether (sulfide) groups is 1. The number of para-hydroxylation sites is 1. The molecular weight excluding hydrogens is 617 g/mol. The summed E-state index contributed by atoms with van der Waals surface area (Å²) in [4.78, 5) is 46.5. The van der Waals surface area contributed by atoms with Gasteiger partial charge in [0.25, 0.3) is 0 Å². The SMILES string of the molecule is CC(ON(CC(=O)NC1C(=O)N2C(C(=O)OCC(Cl)(Cl)Cl)C(C)(CBr)S[C@@H]12)c1ccccc1)C1CC1. The van der Waals surface area contributed by atoms with Crippen molar-refractivity contribution >= 4 is 86.0 Å². The number of hydroxylamine groups is 1. The van der Waals surface area contributed by atoms with Gasteiger partial charge in [0.15, 0.2) is 0 Å². The number of carbonyl (C=O) groups excluding carboxylic acids is 3. The predicted octanol–water partition coefficient (Wildman–Crippen LogP) is 4.06. The summed E-state index contributed by atoms with van der Waals surface area (Å²) < 4.78 is 2.74. The summed E-state index contributed by atoms with van der Waals surface area (Å²) in [6, 6.07) is 7.71. The van der Waals surface area contributed by atoms with Crippen LogP contribution >= 0.6 is 62.5 Å². The van der Waals surface area contributed by atoms with Crippen LogP contribution < -0.4 is 10.4 Å². The van der Waals surface area contributed by atoms with E-state index >= 15 is 0 Å². The van der Waals surface area contributed by atoms with Crippen LogP contribution in [0, 0.1) is 5.92 Å². The Hall–Kier alpha value is -0.910. The number of β-lactam (4-membered cyclic amide) rings is 1. The second-order valence-electron chi connectivity index (χ2n) is 9.39. The van der Waals surface area contributed by atoms with Crippen molar-refractivity contribution in [2.45, 2.75) is 58.8 Å². The molecule has 198 valence electrons. The normalized spacial score (nSPS) is 28.2. The number of alkyl halides is 4. The van der Waals surface area contributed by atoms with Gasteiger partial charge >= 0.3 is 5.97 Å². The molecule has 1 saturated carbocycles. The van der Waals surface area contributed by atoms with Crippen molar-refractivity contribution in [1.82, 2.24) is 10.2 Å². The molecule has 0 spiro atoms. The largest absolute Gasteiger partial charge is 0.460 e. The van der Waals surface area contributed by atoms with E-state index in [1.54, 1.807) is 5.06 Å². The van der Waals surface area contributed by atoms with E-state index in [0.29, 0.717) is 11.2 Å². The fourth-order valence-electron chi connectivity index (χ4n) is 4.34. The molecule has 1 aromatic rings. The molecule has 36 heavy (non-hydrogen) atoms. The van der Waals surface area contributed by atoms with Gasteiger partial charge in [-0.05, 0) is 44.7 Å². The van der Waals surface area contributed by atoms with Gasteiger partial charge in [-0.2, -0.15) is 0 Å². The number of nitrogens with one attached hydrogen (secondary N) is 1. The molecule has 2 amide bonds. The highest BCUT2D eigenvalue weighted by Crippen LogP contribution is 2.52. The lowest BCUT2D eigenvalue weighted by Gasteiger charge is -2.44. The minimum Gasteiger partial charge on any atom is -0.460 e. The number of fused-ring (bicyclic) bond motifs is 1. The standard InChI is InChI=1S/C23H27BrCl3N3O5S/c1-13(14-8-9-14)35-29(15-6-4-3-5-7-15)10-16(31)28-17-19(32)30-18(21(33)34-12-23(25,26)27)22(2,11-24)36-20(17)30/h3-7,13-14,17-18,20H,8-12H2,1-2H3,(H,28,31)/t13?,17?,18?,20-,22?/m0/s1. The Labute approximate surface area is 237 Å². The Kier molecular flexibility index (Phi) is 8.64. The molecule has 1 aliphatic carbocycles. The average molecular weight is 644 g/mol. The van der Waals surface area contributed by atoms with Crippen LogP contribution in [0.25, 0.3) is 0 Å². The van der Waals surface area contributed by atoms with Crippen LogP contribution in [0.4, 0.5) is 5.69 Å². The maximum Gasteiger partial charge on any atom is 0.330 e. The lowest BCUT2D eigenvalue weighted by Crippen LogP contribution is -2.71. The molecule has 2 aliphatic heterocycles. The maximum atomic E-state index is 13.1. The second kappa shape index (κ2) is 11.1. The molecule has 3 aliphatic rings. The first-order chi connectivity index (χ1) is 16.9. The summed E-state index contributed by atoms with van der Waals surface area (Å²) in [7, 11) is 0. The molecule has 1 N–H and O–H groups in total. The monoisotopic (exact) mass is 641 g/mol. The first kappa shape index (κ1) is 28.1. The van der Waals surface area contributed by atoms with Crippen molar-refractivity contribution in [3.63, 3.8) is 0 Å². The van der Waals surface area contributed by atoms with Gasteiger partial charge in [-0.1, -0.05) is 68.9 Å². The van der Waals surface area contributed by atoms with Crippen molar-refractivity contribution in [3.05, 3.63) is 30.3 Å². The third-order valence-corrected chi connectivity index (χ3v) is 9.93. The molecule has 4 rings (SSSR count). The van der Waals surface area contributed by atoms with Crippen molar-refractivity contribution in [2.24, 2.45) is 5.92 Å². The first-order valence-corrected chi connectivity index (χ1v) is 14.6. The van der Waals surface area contributed by atoms with Crippen LogP contribution in [0.1, 0.15) is 26.7 Å². The van der Waals surface area contributed by atoms with Crippen molar-refractivity contribution in [3.8, 4) is 0 Å². The van der Waals surface area contributed by atoms with Gasteiger partial charge in [-0.3, -0.25) is 14.4 Å². The molecule has 0 aromatic heterocycles. The van der Waals surface area contributed by atoms with Gasteiger partial charge in [0.2, 0.25) is 15.6 Å². The lowest BCUT2D eigenvalue weighted by atomic mass is 9.96. The number of esters is 1. The molecule has 8 nitrogen and oxygen atoms in total. The number of ether oxygens (including phenoxy) is 1. The molecule has 1 aromatic carbocycles. The van der Waals surface area contributed by atoms with E-state index in [1.807, 2.05) is 44.2 Å². The molecule has 2 heterocycles. The topological polar surface area (TPSA) is 88.2 Å². The molecule has 13 heteroatoms. The van der Waals surface area contributed by atoms with E-state index in [0.717, 1.165) is 18.5 Å². The average Bonchev–Trinajstić information content (AvgIpc) is 3.65. The van der Waals surface area contributed by atoms with E-state index < -0.39 is 38.6 Å². The minimum absolute atomic E-state index is 0.0247. The van der Waals surface area contributed by atoms with Crippen LogP contribution in [-0.2, 0) is 24.0 Å². The predicted molar refractivity (Wildman–Crippen MR) is 144 cm³/mol. The number of hydrogen-bond acceptors (Lipinski definition) is 7. The summed E-state index contributed by atoms with van der Waals surface area (Å²) in [5.74, 6) is -0.895. The summed E-state index contributed by atoms with van der Waals surface area (Å²) in [5, 5.41) is 4.39. The van der Waals surface area contributed by atoms with Gasteiger partial charge < -0.3 is 15.0 Å². The minimum atomic E-state index is -1.76. The molecule has 3 fully saturated rings. The van der Waals surface area contributed by atoms with Crippen LogP contribution in [0.5, 0.6) is 0 Å². The number of halogens is 4.